The van der Waals surface area contributed by atoms with Crippen LogP contribution < -0.4 is 13.9 Å². The van der Waals surface area contributed by atoms with E-state index in [0.29, 0.717) is 18.2 Å². The van der Waals surface area contributed by atoms with Crippen molar-refractivity contribution in [2.75, 3.05) is 24.5 Å². The number of hydrogen-bond donors (Lipinski definition) is 1. The van der Waals surface area contributed by atoms with Crippen molar-refractivity contribution in [2.24, 2.45) is 5.92 Å². The van der Waals surface area contributed by atoms with E-state index in [2.05, 4.69) is 47.5 Å². The van der Waals surface area contributed by atoms with E-state index >= 15 is 0 Å². The molecule has 0 unspecified atom stereocenters. The Morgan fingerprint density at radius 2 is 1.65 bits per heavy atom. The molecule has 8 heteroatoms. The molecule has 1 aliphatic heterocycles. The van der Waals surface area contributed by atoms with Gasteiger partial charge in [-0.05, 0) is 12.1 Å². The van der Waals surface area contributed by atoms with E-state index in [1.165, 1.54) is 61.6 Å². The third-order valence-electron chi connectivity index (χ3n) is 8.10. The molecule has 1 N–H and O–H groups in total. The van der Waals surface area contributed by atoms with Crippen molar-refractivity contribution in [1.82, 2.24) is 20.3 Å². The summed E-state index contributed by atoms with van der Waals surface area (Å²) in [5.41, 5.74) is 0.703. The fraction of sp³-hybridized carbons (Fsp3) is 0.690. The van der Waals surface area contributed by atoms with Crippen molar-refractivity contribution in [1.29, 1.82) is 0 Å². The molecule has 0 spiro atoms. The molecule has 1 amide bonds. The molecular formula is C29H48FN5OSn. The van der Waals surface area contributed by atoms with E-state index in [-0.39, 0.29) is 18.3 Å². The number of amides is 1. The third kappa shape index (κ3) is 8.96. The van der Waals surface area contributed by atoms with Crippen molar-refractivity contribution in [3.05, 3.63) is 36.3 Å². The second-order valence-corrected chi connectivity index (χ2v) is 24.0. The van der Waals surface area contributed by atoms with Crippen molar-refractivity contribution < 1.29 is 9.18 Å². The molecule has 0 atom stereocenters. The van der Waals surface area contributed by atoms with Crippen LogP contribution in [0.4, 0.5) is 10.1 Å². The van der Waals surface area contributed by atoms with E-state index in [4.69, 9.17) is 0 Å². The number of nitrogens with zero attached hydrogens (tertiary/aromatic N) is 4. The number of hydrogen-bond acceptors (Lipinski definition) is 4. The SMILES string of the molecule is CCC[CH2][Sn]([CH2]CCC)([CH2]CCC)[c]1cn(CC(=O)NCCC2CCN(c3ccccc3F)CC2)nn1. The number of benzene rings is 1. The summed E-state index contributed by atoms with van der Waals surface area (Å²) >= 11 is -2.61. The normalized spacial score (nSPS) is 14.8. The number of halogens is 1. The molecule has 2 aromatic rings. The number of carbonyl (C=O) groups excluding carboxylic acids is 1. The number of piperidine rings is 1. The summed E-state index contributed by atoms with van der Waals surface area (Å²) in [4.78, 5) is 14.8. The van der Waals surface area contributed by atoms with Crippen molar-refractivity contribution in [3.8, 4) is 0 Å². The van der Waals surface area contributed by atoms with Gasteiger partial charge < -0.3 is 0 Å². The summed E-state index contributed by atoms with van der Waals surface area (Å²) in [7, 11) is 0. The first-order chi connectivity index (χ1) is 18.0. The van der Waals surface area contributed by atoms with Gasteiger partial charge in [0.15, 0.2) is 0 Å². The third-order valence-corrected chi connectivity index (χ3v) is 23.1. The van der Waals surface area contributed by atoms with Gasteiger partial charge in [-0.15, -0.1) is 0 Å². The Bertz CT molecular complexity index is 922. The quantitative estimate of drug-likeness (QED) is 0.238. The van der Waals surface area contributed by atoms with Crippen LogP contribution in [0.1, 0.15) is 78.6 Å². The van der Waals surface area contributed by atoms with Gasteiger partial charge in [0.25, 0.3) is 0 Å². The van der Waals surface area contributed by atoms with E-state index < -0.39 is 18.4 Å². The van der Waals surface area contributed by atoms with Gasteiger partial charge in [0.05, 0.1) is 5.69 Å². The predicted molar refractivity (Wildman–Crippen MR) is 154 cm³/mol. The number of rotatable bonds is 16. The van der Waals surface area contributed by atoms with E-state index in [9.17, 15) is 9.18 Å². The molecule has 1 aromatic carbocycles. The molecule has 0 saturated carbocycles. The van der Waals surface area contributed by atoms with Gasteiger partial charge in [-0.2, -0.15) is 0 Å². The van der Waals surface area contributed by atoms with Gasteiger partial charge in [-0.1, -0.05) is 12.1 Å². The number of nitrogens with one attached hydrogen (secondary N) is 1. The van der Waals surface area contributed by atoms with Crippen molar-refractivity contribution in [3.63, 3.8) is 0 Å². The van der Waals surface area contributed by atoms with Crippen molar-refractivity contribution >= 4 is 33.7 Å². The van der Waals surface area contributed by atoms with E-state index in [0.717, 1.165) is 32.4 Å². The maximum atomic E-state index is 14.1. The van der Waals surface area contributed by atoms with Crippen LogP contribution in [0, 0.1) is 11.7 Å². The van der Waals surface area contributed by atoms with Crippen LogP contribution in [0.2, 0.25) is 13.3 Å². The average molecular weight is 620 g/mol. The Morgan fingerprint density at radius 3 is 2.24 bits per heavy atom. The second-order valence-electron chi connectivity index (χ2n) is 10.9. The standard InChI is InChI=1S/C17H21FN5O.3C4H9.Sn/c18-15-3-1-2-4-16(15)22-10-6-14(7-11-22)5-8-19-17(24)13-23-12-9-20-21-23;3*1-3-4-2;/h1-4,12,14H,5-8,10-11,13H2,(H,19,24);3*1,3-4H2,2H3;. The Morgan fingerprint density at radius 1 is 1.03 bits per heavy atom. The van der Waals surface area contributed by atoms with Gasteiger partial charge in [-0.3, -0.25) is 0 Å². The predicted octanol–water partition coefficient (Wildman–Crippen LogP) is 5.90. The summed E-state index contributed by atoms with van der Waals surface area (Å²) in [5.74, 6) is 0.426. The van der Waals surface area contributed by atoms with Crippen LogP contribution in [0.5, 0.6) is 0 Å². The topological polar surface area (TPSA) is 63.1 Å². The molecule has 1 fully saturated rings. The minimum absolute atomic E-state index is 0.0108. The van der Waals surface area contributed by atoms with Crippen LogP contribution in [-0.4, -0.2) is 58.9 Å². The number of anilines is 1. The molecule has 0 aliphatic carbocycles. The van der Waals surface area contributed by atoms with Crippen LogP contribution in [0.3, 0.4) is 0 Å². The molecule has 37 heavy (non-hydrogen) atoms. The van der Waals surface area contributed by atoms with Gasteiger partial charge in [0.2, 0.25) is 0 Å². The zero-order valence-electron chi connectivity index (χ0n) is 23.4. The number of carbonyl (C=O) groups is 1. The fourth-order valence-corrected chi connectivity index (χ4v) is 20.8. The van der Waals surface area contributed by atoms with Gasteiger partial charge in [0, 0.05) is 0 Å². The number of unbranched alkanes of at least 4 members (excludes halogenated alkanes) is 3. The van der Waals surface area contributed by atoms with Gasteiger partial charge >= 0.3 is 188 Å². The first-order valence-electron chi connectivity index (χ1n) is 14.7. The molecule has 206 valence electrons. The maximum absolute atomic E-state index is 14.1. The number of para-hydroxylation sites is 1. The van der Waals surface area contributed by atoms with E-state index in [1.54, 1.807) is 10.7 Å². The van der Waals surface area contributed by atoms with Gasteiger partial charge in [0.1, 0.15) is 5.82 Å². The van der Waals surface area contributed by atoms with Crippen LogP contribution in [-0.2, 0) is 11.3 Å². The zero-order valence-corrected chi connectivity index (χ0v) is 26.2. The second kappa shape index (κ2) is 15.7. The number of aromatic nitrogens is 3. The Labute approximate surface area is 227 Å². The molecular weight excluding hydrogens is 572 g/mol. The summed E-state index contributed by atoms with van der Waals surface area (Å²) in [6.07, 6.45) is 12.7. The first-order valence-corrected chi connectivity index (χ1v) is 22.2. The summed E-state index contributed by atoms with van der Waals surface area (Å²) in [6, 6.07) is 7.01. The first kappa shape index (κ1) is 29.9. The van der Waals surface area contributed by atoms with Crippen LogP contribution >= 0.6 is 0 Å². The monoisotopic (exact) mass is 621 g/mol. The molecule has 1 saturated heterocycles. The van der Waals surface area contributed by atoms with Crippen molar-refractivity contribution in [2.45, 2.75) is 98.4 Å². The van der Waals surface area contributed by atoms with Crippen LogP contribution in [0.15, 0.2) is 30.5 Å². The summed E-state index contributed by atoms with van der Waals surface area (Å²) in [5, 5.41) is 12.2. The molecule has 2 heterocycles. The van der Waals surface area contributed by atoms with Gasteiger partial charge in [-0.25, -0.2) is 4.39 Å². The summed E-state index contributed by atoms with van der Waals surface area (Å²) in [6.45, 7) is 9.50. The molecule has 6 nitrogen and oxygen atoms in total. The zero-order chi connectivity index (χ0) is 26.5. The molecule has 3 rings (SSSR count). The Balaban J connectivity index is 1.47. The van der Waals surface area contributed by atoms with E-state index in [1.807, 2.05) is 12.1 Å². The fourth-order valence-electron chi connectivity index (χ4n) is 5.71. The molecule has 1 aromatic heterocycles. The molecule has 0 bridgehead atoms. The molecule has 0 radical (unpaired) electrons. The average Bonchev–Trinajstić information content (AvgIpc) is 3.38. The summed E-state index contributed by atoms with van der Waals surface area (Å²) < 4.78 is 21.2. The van der Waals surface area contributed by atoms with Crippen LogP contribution in [0.25, 0.3) is 0 Å². The minimum atomic E-state index is -2.61. The molecule has 1 aliphatic rings. The Hall–Kier alpha value is -1.64. The Kier molecular flexibility index (Phi) is 12.7.